The van der Waals surface area contributed by atoms with Gasteiger partial charge in [-0.15, -0.1) is 0 Å². The maximum atomic E-state index is 13.3. The molecule has 4 aromatic carbocycles. The summed E-state index contributed by atoms with van der Waals surface area (Å²) in [5.74, 6) is 0.397. The van der Waals surface area contributed by atoms with Gasteiger partial charge >= 0.3 is 6.03 Å². The van der Waals surface area contributed by atoms with Gasteiger partial charge in [0.2, 0.25) is 0 Å². The molecule has 1 aliphatic heterocycles. The number of carbonyl (C=O) groups excluding carboxylic acids is 3. The lowest BCUT2D eigenvalue weighted by Crippen LogP contribution is -2.54. The van der Waals surface area contributed by atoms with Gasteiger partial charge in [-0.2, -0.15) is 0 Å². The van der Waals surface area contributed by atoms with E-state index < -0.39 is 17.8 Å². The molecular weight excluding hydrogens is 619 g/mol. The van der Waals surface area contributed by atoms with Crippen LogP contribution in [0.15, 0.2) is 90.5 Å². The van der Waals surface area contributed by atoms with E-state index in [2.05, 4.69) is 5.32 Å². The summed E-state index contributed by atoms with van der Waals surface area (Å²) in [7, 11) is 1.58. The van der Waals surface area contributed by atoms with Crippen molar-refractivity contribution < 1.29 is 33.3 Å². The van der Waals surface area contributed by atoms with Crippen LogP contribution < -0.4 is 29.2 Å². The summed E-state index contributed by atoms with van der Waals surface area (Å²) >= 11 is 12.1. The number of nitrogens with one attached hydrogen (secondary N) is 1. The predicted octanol–water partition coefficient (Wildman–Crippen LogP) is 7.23. The zero-order valence-corrected chi connectivity index (χ0v) is 25.9. The predicted molar refractivity (Wildman–Crippen MR) is 171 cm³/mol. The van der Waals surface area contributed by atoms with Crippen LogP contribution in [0.5, 0.6) is 23.0 Å². The van der Waals surface area contributed by atoms with E-state index in [0.29, 0.717) is 41.8 Å². The maximum Gasteiger partial charge on any atom is 0.335 e. The van der Waals surface area contributed by atoms with Crippen LogP contribution >= 0.6 is 23.2 Å². The molecule has 0 aliphatic carbocycles. The Bertz CT molecular complexity index is 1780. The van der Waals surface area contributed by atoms with Crippen LogP contribution in [-0.2, 0) is 22.8 Å². The summed E-state index contributed by atoms with van der Waals surface area (Å²) in [5, 5.41) is 2.60. The number of carbonyl (C=O) groups is 3. The molecule has 4 aromatic rings. The number of nitrogens with zero attached hydrogens (tertiary/aromatic N) is 1. The molecular formula is C34H28Cl2N2O7. The fourth-order valence-electron chi connectivity index (χ4n) is 4.50. The maximum absolute atomic E-state index is 13.3. The highest BCUT2D eigenvalue weighted by molar-refractivity contribution is 6.43. The average Bonchev–Trinajstić information content (AvgIpc) is 3.04. The molecule has 1 fully saturated rings. The molecule has 45 heavy (non-hydrogen) atoms. The third-order valence-electron chi connectivity index (χ3n) is 6.70. The van der Waals surface area contributed by atoms with Crippen LogP contribution in [0, 0.1) is 0 Å². The number of methoxy groups -OCH3 is 1. The molecule has 1 aliphatic rings. The van der Waals surface area contributed by atoms with Gasteiger partial charge in [-0.1, -0.05) is 65.7 Å². The largest absolute Gasteiger partial charge is 0.493 e. The Kier molecular flexibility index (Phi) is 9.92. The van der Waals surface area contributed by atoms with Crippen molar-refractivity contribution in [2.75, 3.05) is 18.6 Å². The third-order valence-corrected chi connectivity index (χ3v) is 7.44. The zero-order valence-electron chi connectivity index (χ0n) is 24.3. The lowest BCUT2D eigenvalue weighted by Gasteiger charge is -2.26. The van der Waals surface area contributed by atoms with Crippen molar-refractivity contribution in [3.8, 4) is 23.0 Å². The van der Waals surface area contributed by atoms with Crippen molar-refractivity contribution in [1.29, 1.82) is 0 Å². The molecule has 4 amide bonds. The number of rotatable bonds is 11. The molecule has 1 saturated heterocycles. The number of halogens is 2. The third kappa shape index (κ3) is 7.39. The number of benzene rings is 4. The van der Waals surface area contributed by atoms with Crippen LogP contribution in [0.2, 0.25) is 10.0 Å². The first kappa shape index (κ1) is 31.4. The lowest BCUT2D eigenvalue weighted by molar-refractivity contribution is -0.122. The van der Waals surface area contributed by atoms with Gasteiger partial charge in [0, 0.05) is 0 Å². The van der Waals surface area contributed by atoms with Crippen molar-refractivity contribution in [3.63, 3.8) is 0 Å². The quantitative estimate of drug-likeness (QED) is 0.135. The molecule has 0 aromatic heterocycles. The van der Waals surface area contributed by atoms with E-state index in [1.807, 2.05) is 55.5 Å². The van der Waals surface area contributed by atoms with Crippen molar-refractivity contribution in [2.24, 2.45) is 0 Å². The molecule has 0 saturated carbocycles. The SMILES string of the molecule is CCOc1cc(/C=C2/C(=O)NC(=O)N(c3ccc(Cl)c(Cl)c3)C2=O)ccc1OCc1ccc(OCc2ccccc2)c(OC)c1. The summed E-state index contributed by atoms with van der Waals surface area (Å²) in [6.45, 7) is 2.78. The molecule has 5 rings (SSSR count). The second-order valence-corrected chi connectivity index (χ2v) is 10.6. The first-order chi connectivity index (χ1) is 21.8. The number of amides is 4. The van der Waals surface area contributed by atoms with E-state index in [9.17, 15) is 14.4 Å². The highest BCUT2D eigenvalue weighted by Crippen LogP contribution is 2.34. The number of imide groups is 2. The Morgan fingerprint density at radius 1 is 0.733 bits per heavy atom. The molecule has 1 N–H and O–H groups in total. The lowest BCUT2D eigenvalue weighted by atomic mass is 10.1. The molecule has 0 atom stereocenters. The van der Waals surface area contributed by atoms with E-state index in [1.54, 1.807) is 25.3 Å². The topological polar surface area (TPSA) is 103 Å². The molecule has 0 spiro atoms. The second-order valence-electron chi connectivity index (χ2n) is 9.74. The molecule has 1 heterocycles. The van der Waals surface area contributed by atoms with Gasteiger partial charge in [-0.05, 0) is 72.2 Å². The van der Waals surface area contributed by atoms with E-state index >= 15 is 0 Å². The van der Waals surface area contributed by atoms with Gasteiger partial charge in [0.25, 0.3) is 11.8 Å². The summed E-state index contributed by atoms with van der Waals surface area (Å²) in [5.41, 5.74) is 2.27. The average molecular weight is 648 g/mol. The Morgan fingerprint density at radius 2 is 1.44 bits per heavy atom. The van der Waals surface area contributed by atoms with Crippen molar-refractivity contribution in [3.05, 3.63) is 117 Å². The number of hydrogen-bond acceptors (Lipinski definition) is 7. The second kappa shape index (κ2) is 14.2. The molecule has 9 nitrogen and oxygen atoms in total. The minimum atomic E-state index is -0.897. The summed E-state index contributed by atoms with van der Waals surface area (Å²) < 4.78 is 23.4. The smallest absolute Gasteiger partial charge is 0.335 e. The van der Waals surface area contributed by atoms with Crippen LogP contribution in [0.3, 0.4) is 0 Å². The van der Waals surface area contributed by atoms with Gasteiger partial charge in [0.05, 0.1) is 29.4 Å². The van der Waals surface area contributed by atoms with Crippen molar-refractivity contribution >= 4 is 52.8 Å². The minimum Gasteiger partial charge on any atom is -0.493 e. The van der Waals surface area contributed by atoms with Crippen molar-refractivity contribution in [1.82, 2.24) is 5.32 Å². The van der Waals surface area contributed by atoms with Crippen molar-refractivity contribution in [2.45, 2.75) is 20.1 Å². The Labute approximate surface area is 269 Å². The monoisotopic (exact) mass is 646 g/mol. The number of hydrogen-bond donors (Lipinski definition) is 1. The van der Waals surface area contributed by atoms with E-state index in [4.69, 9.17) is 42.1 Å². The first-order valence-electron chi connectivity index (χ1n) is 13.9. The molecule has 0 bridgehead atoms. The van der Waals surface area contributed by atoms with Crippen LogP contribution in [-0.4, -0.2) is 31.6 Å². The summed E-state index contributed by atoms with van der Waals surface area (Å²) in [6.07, 6.45) is 1.37. The van der Waals surface area contributed by atoms with Crippen LogP contribution in [0.1, 0.15) is 23.6 Å². The number of urea groups is 1. The highest BCUT2D eigenvalue weighted by Gasteiger charge is 2.37. The molecule has 0 radical (unpaired) electrons. The van der Waals surface area contributed by atoms with E-state index in [0.717, 1.165) is 16.0 Å². The van der Waals surface area contributed by atoms with Gasteiger partial charge in [0.15, 0.2) is 23.0 Å². The number of barbiturate groups is 1. The highest BCUT2D eigenvalue weighted by atomic mass is 35.5. The zero-order chi connectivity index (χ0) is 31.9. The number of ether oxygens (including phenoxy) is 4. The first-order valence-corrected chi connectivity index (χ1v) is 14.6. The van der Waals surface area contributed by atoms with Gasteiger partial charge < -0.3 is 18.9 Å². The minimum absolute atomic E-state index is 0.153. The van der Waals surface area contributed by atoms with E-state index in [1.165, 1.54) is 24.3 Å². The summed E-state index contributed by atoms with van der Waals surface area (Å²) in [4.78, 5) is 39.3. The van der Waals surface area contributed by atoms with Crippen LogP contribution in [0.4, 0.5) is 10.5 Å². The molecule has 230 valence electrons. The van der Waals surface area contributed by atoms with Gasteiger partial charge in [0.1, 0.15) is 18.8 Å². The van der Waals surface area contributed by atoms with Gasteiger partial charge in [-0.25, -0.2) is 9.69 Å². The number of anilines is 1. The Morgan fingerprint density at radius 3 is 2.16 bits per heavy atom. The summed E-state index contributed by atoms with van der Waals surface area (Å²) in [6, 6.07) is 23.8. The van der Waals surface area contributed by atoms with Gasteiger partial charge in [-0.3, -0.25) is 14.9 Å². The fourth-order valence-corrected chi connectivity index (χ4v) is 4.79. The molecule has 11 heteroatoms. The van der Waals surface area contributed by atoms with E-state index in [-0.39, 0.29) is 27.9 Å². The Hall–Kier alpha value is -4.99. The molecule has 0 unspecified atom stereocenters. The standard InChI is InChI=1S/C34H28Cl2N2O7/c1-3-43-31-16-22(15-25-32(39)37-34(41)38(33(25)40)24-11-12-26(35)27(36)18-24)9-13-29(31)45-20-23-10-14-28(30(17-23)42-2)44-19-21-7-5-4-6-8-21/h4-18H,3,19-20H2,1-2H3,(H,37,39,41)/b25-15-. The Balaban J connectivity index is 1.32. The normalized spacial score (nSPS) is 13.9. The fraction of sp³-hybridized carbons (Fsp3) is 0.147. The van der Waals surface area contributed by atoms with Crippen LogP contribution in [0.25, 0.3) is 6.08 Å².